The largest absolute Gasteiger partial charge is 0.353 e. The van der Waals surface area contributed by atoms with Gasteiger partial charge < -0.3 is 0 Å². The van der Waals surface area contributed by atoms with Gasteiger partial charge in [-0.2, -0.15) is 0 Å². The highest BCUT2D eigenvalue weighted by Crippen LogP contribution is 2.36. The zero-order valence-corrected chi connectivity index (χ0v) is 17.3. The summed E-state index contributed by atoms with van der Waals surface area (Å²) in [5.41, 5.74) is 2.34. The van der Waals surface area contributed by atoms with Gasteiger partial charge in [-0.25, -0.2) is 0 Å². The molecular formula is C21H28IO+. The van der Waals surface area contributed by atoms with Crippen LogP contribution < -0.4 is 21.2 Å². The molecule has 0 fully saturated rings. The topological polar surface area (TPSA) is 17.1 Å². The van der Waals surface area contributed by atoms with E-state index in [-0.39, 0.29) is 32.0 Å². The van der Waals surface area contributed by atoms with Crippen LogP contribution in [-0.4, -0.2) is 5.78 Å². The van der Waals surface area contributed by atoms with Crippen LogP contribution in [0.25, 0.3) is 0 Å². The van der Waals surface area contributed by atoms with E-state index in [1.54, 1.807) is 0 Å². The van der Waals surface area contributed by atoms with E-state index in [9.17, 15) is 4.79 Å². The van der Waals surface area contributed by atoms with Crippen molar-refractivity contribution in [2.24, 2.45) is 10.8 Å². The number of rotatable bonds is 3. The van der Waals surface area contributed by atoms with Crippen LogP contribution in [0, 0.1) is 14.4 Å². The molecule has 1 nitrogen and oxygen atoms in total. The van der Waals surface area contributed by atoms with Gasteiger partial charge in [-0.3, -0.25) is 4.79 Å². The van der Waals surface area contributed by atoms with Gasteiger partial charge in [0.15, 0.2) is 12.9 Å². The minimum atomic E-state index is -0.304. The van der Waals surface area contributed by atoms with Crippen LogP contribution in [0.1, 0.15) is 54.4 Å². The maximum Gasteiger partial charge on any atom is 0.353 e. The molecule has 0 aliphatic heterocycles. The summed E-state index contributed by atoms with van der Waals surface area (Å²) in [6, 6.07) is 10.6. The molecule has 23 heavy (non-hydrogen) atoms. The first-order valence-corrected chi connectivity index (χ1v) is 10.4. The van der Waals surface area contributed by atoms with Crippen molar-refractivity contribution in [3.8, 4) is 0 Å². The summed E-state index contributed by atoms with van der Waals surface area (Å²) < 4.78 is 2.80. The first kappa shape index (κ1) is 18.4. The van der Waals surface area contributed by atoms with E-state index in [1.807, 2.05) is 20.8 Å². The summed E-state index contributed by atoms with van der Waals surface area (Å²) in [6.45, 7) is 12.8. The quantitative estimate of drug-likeness (QED) is 0.540. The molecule has 1 aliphatic rings. The second-order valence-electron chi connectivity index (χ2n) is 8.21. The molecule has 1 aliphatic carbocycles. The van der Waals surface area contributed by atoms with E-state index in [0.29, 0.717) is 5.78 Å². The third-order valence-electron chi connectivity index (χ3n) is 4.10. The summed E-state index contributed by atoms with van der Waals surface area (Å²) >= 11 is -0.258. The van der Waals surface area contributed by atoms with Crippen molar-refractivity contribution in [1.29, 1.82) is 0 Å². The number of benzene rings is 1. The third kappa shape index (κ3) is 4.79. The Labute approximate surface area is 151 Å². The standard InChI is InChI=1S/C21H28IO/c1-20(2,3)15-12-13-18(22-16-10-8-7-9-11-16)17(14-15)19(23)21(4,5)6/h7-12H,13-14H2,1-6H3/q+1. The van der Waals surface area contributed by atoms with Crippen LogP contribution in [0.2, 0.25) is 0 Å². The van der Waals surface area contributed by atoms with Gasteiger partial charge in [-0.1, -0.05) is 71.4 Å². The number of carbonyl (C=O) groups excluding carboxylic acids is 1. The molecule has 1 aromatic rings. The Hall–Kier alpha value is -0.900. The summed E-state index contributed by atoms with van der Waals surface area (Å²) in [5, 5.41) is 0. The Morgan fingerprint density at radius 3 is 2.13 bits per heavy atom. The van der Waals surface area contributed by atoms with Gasteiger partial charge in [0.05, 0.1) is 0 Å². The zero-order chi connectivity index (χ0) is 17.3. The van der Waals surface area contributed by atoms with E-state index in [4.69, 9.17) is 0 Å². The van der Waals surface area contributed by atoms with E-state index < -0.39 is 0 Å². The molecule has 1 aromatic carbocycles. The minimum Gasteiger partial charge on any atom is -0.294 e. The van der Waals surface area contributed by atoms with Crippen molar-refractivity contribution >= 4 is 5.78 Å². The average molecular weight is 423 g/mol. The Morgan fingerprint density at radius 2 is 1.61 bits per heavy atom. The molecule has 0 amide bonds. The van der Waals surface area contributed by atoms with Gasteiger partial charge in [0.2, 0.25) is 0 Å². The van der Waals surface area contributed by atoms with E-state index >= 15 is 0 Å². The first-order valence-electron chi connectivity index (χ1n) is 8.25. The SMILES string of the molecule is CC(C)(C)C(=O)C1=C([I+]c2ccccc2)CC=C(C(C)(C)C)C1. The molecule has 0 bridgehead atoms. The molecule has 2 rings (SSSR count). The number of Topliss-reactive ketones (excluding diaryl/α,β-unsaturated/α-hetero) is 1. The number of hydrogen-bond donors (Lipinski definition) is 0. The second-order valence-corrected chi connectivity index (χ2v) is 11.3. The molecule has 0 saturated heterocycles. The number of carbonyl (C=O) groups is 1. The van der Waals surface area contributed by atoms with Crippen LogP contribution in [0.15, 0.2) is 51.1 Å². The number of halogens is 1. The van der Waals surface area contributed by atoms with Gasteiger partial charge in [0.25, 0.3) is 0 Å². The highest BCUT2D eigenvalue weighted by molar-refractivity contribution is 6.00. The zero-order valence-electron chi connectivity index (χ0n) is 15.2. The van der Waals surface area contributed by atoms with Crippen molar-refractivity contribution in [3.05, 3.63) is 54.7 Å². The summed E-state index contributed by atoms with van der Waals surface area (Å²) in [7, 11) is 0. The van der Waals surface area contributed by atoms with Crippen molar-refractivity contribution in [1.82, 2.24) is 0 Å². The maximum absolute atomic E-state index is 13.0. The molecule has 0 spiro atoms. The molecule has 2 heteroatoms. The van der Waals surface area contributed by atoms with Crippen molar-refractivity contribution in [2.45, 2.75) is 54.4 Å². The predicted octanol–water partition coefficient (Wildman–Crippen LogP) is 2.58. The Bertz CT molecular complexity index is 637. The molecule has 0 heterocycles. The van der Waals surface area contributed by atoms with Crippen molar-refractivity contribution in [3.63, 3.8) is 0 Å². The van der Waals surface area contributed by atoms with Crippen molar-refractivity contribution < 1.29 is 26.0 Å². The van der Waals surface area contributed by atoms with Crippen molar-refractivity contribution in [2.75, 3.05) is 0 Å². The third-order valence-corrected chi connectivity index (χ3v) is 7.18. The lowest BCUT2D eigenvalue weighted by molar-refractivity contribution is -0.578. The highest BCUT2D eigenvalue weighted by Gasteiger charge is 2.36. The second kappa shape index (κ2) is 6.92. The summed E-state index contributed by atoms with van der Waals surface area (Å²) in [5.74, 6) is 0.331. The van der Waals surface area contributed by atoms with Crippen LogP contribution in [0.3, 0.4) is 0 Å². The average Bonchev–Trinajstić information content (AvgIpc) is 2.46. The molecule has 0 saturated carbocycles. The first-order chi connectivity index (χ1) is 10.6. The predicted molar refractivity (Wildman–Crippen MR) is 93.4 cm³/mol. The molecule has 0 atom stereocenters. The van der Waals surface area contributed by atoms with Crippen LogP contribution in [-0.2, 0) is 4.79 Å². The summed E-state index contributed by atoms with van der Waals surface area (Å²) in [6.07, 6.45) is 4.16. The number of hydrogen-bond acceptors (Lipinski definition) is 1. The van der Waals surface area contributed by atoms with E-state index in [1.165, 1.54) is 12.7 Å². The van der Waals surface area contributed by atoms with Crippen LogP contribution >= 0.6 is 0 Å². The highest BCUT2D eigenvalue weighted by atomic mass is 127. The minimum absolute atomic E-state index is 0.139. The monoisotopic (exact) mass is 423 g/mol. The Kier molecular flexibility index (Phi) is 5.55. The van der Waals surface area contributed by atoms with Gasteiger partial charge in [-0.15, -0.1) is 0 Å². The maximum atomic E-state index is 13.0. The molecule has 124 valence electrons. The summed E-state index contributed by atoms with van der Waals surface area (Å²) in [4.78, 5) is 13.0. The smallest absolute Gasteiger partial charge is 0.294 e. The van der Waals surface area contributed by atoms with Crippen LogP contribution in [0.5, 0.6) is 0 Å². The van der Waals surface area contributed by atoms with Crippen LogP contribution in [0.4, 0.5) is 0 Å². The number of ketones is 1. The van der Waals surface area contributed by atoms with E-state index in [0.717, 1.165) is 18.4 Å². The normalized spacial score (nSPS) is 16.3. The Morgan fingerprint density at radius 1 is 1.00 bits per heavy atom. The molecule has 0 N–H and O–H groups in total. The molecule has 0 unspecified atom stereocenters. The van der Waals surface area contributed by atoms with E-state index in [2.05, 4.69) is 57.2 Å². The molecule has 0 radical (unpaired) electrons. The van der Waals surface area contributed by atoms with Gasteiger partial charge >= 0.3 is 21.2 Å². The van der Waals surface area contributed by atoms with Gasteiger partial charge in [0.1, 0.15) is 0 Å². The Balaban J connectivity index is 2.37. The fourth-order valence-electron chi connectivity index (χ4n) is 2.63. The van der Waals surface area contributed by atoms with Gasteiger partial charge in [-0.05, 0) is 17.5 Å². The fourth-order valence-corrected chi connectivity index (χ4v) is 5.36. The lowest BCUT2D eigenvalue weighted by Crippen LogP contribution is -3.61. The lowest BCUT2D eigenvalue weighted by Gasteiger charge is -2.28. The molecule has 0 aromatic heterocycles. The lowest BCUT2D eigenvalue weighted by atomic mass is 9.76. The molecular weight excluding hydrogens is 395 g/mol. The van der Waals surface area contributed by atoms with Gasteiger partial charge in [0, 0.05) is 23.8 Å². The fraction of sp³-hybridized carbons (Fsp3) is 0.476. The number of allylic oxidation sites excluding steroid dienone is 4.